The fourth-order valence-electron chi connectivity index (χ4n) is 1.46. The summed E-state index contributed by atoms with van der Waals surface area (Å²) in [5.41, 5.74) is 1.17. The largest absolute Gasteiger partial charge is 0.463 e. The molecule has 0 saturated heterocycles. The third-order valence-corrected chi connectivity index (χ3v) is 2.88. The van der Waals surface area contributed by atoms with Crippen LogP contribution in [0.4, 0.5) is 0 Å². The van der Waals surface area contributed by atoms with Crippen molar-refractivity contribution in [1.82, 2.24) is 0 Å². The SMILES string of the molecule is C=Cc1ccccc1.CCCCOC(=O)/C=C\C(=O)OCCCC. The zero-order chi connectivity index (χ0) is 18.0. The van der Waals surface area contributed by atoms with Crippen LogP contribution in [-0.2, 0) is 19.1 Å². The van der Waals surface area contributed by atoms with E-state index < -0.39 is 11.9 Å². The highest BCUT2D eigenvalue weighted by Crippen LogP contribution is 1.97. The van der Waals surface area contributed by atoms with Crippen molar-refractivity contribution >= 4 is 18.0 Å². The average Bonchev–Trinajstić information content (AvgIpc) is 2.61. The molecule has 1 aromatic rings. The topological polar surface area (TPSA) is 52.6 Å². The number of hydrogen-bond acceptors (Lipinski definition) is 4. The molecule has 0 aliphatic rings. The van der Waals surface area contributed by atoms with Crippen molar-refractivity contribution in [3.8, 4) is 0 Å². The smallest absolute Gasteiger partial charge is 0.331 e. The minimum absolute atomic E-state index is 0.393. The number of carbonyl (C=O) groups is 2. The zero-order valence-corrected chi connectivity index (χ0v) is 14.7. The van der Waals surface area contributed by atoms with Gasteiger partial charge in [-0.15, -0.1) is 0 Å². The van der Waals surface area contributed by atoms with Crippen LogP contribution in [-0.4, -0.2) is 25.2 Å². The number of carbonyl (C=O) groups excluding carboxylic acids is 2. The molecule has 0 saturated carbocycles. The predicted molar refractivity (Wildman–Crippen MR) is 97.4 cm³/mol. The highest BCUT2D eigenvalue weighted by molar-refractivity contribution is 5.91. The van der Waals surface area contributed by atoms with Gasteiger partial charge in [0.15, 0.2) is 0 Å². The lowest BCUT2D eigenvalue weighted by atomic mass is 10.2. The van der Waals surface area contributed by atoms with E-state index in [1.807, 2.05) is 50.3 Å². The van der Waals surface area contributed by atoms with Gasteiger partial charge in [-0.25, -0.2) is 9.59 Å². The van der Waals surface area contributed by atoms with Crippen LogP contribution in [0.3, 0.4) is 0 Å². The minimum atomic E-state index is -0.499. The molecule has 0 aliphatic heterocycles. The summed E-state index contributed by atoms with van der Waals surface area (Å²) in [4.78, 5) is 22.1. The van der Waals surface area contributed by atoms with E-state index in [0.717, 1.165) is 37.8 Å². The van der Waals surface area contributed by atoms with Crippen LogP contribution < -0.4 is 0 Å². The molecule has 4 heteroatoms. The minimum Gasteiger partial charge on any atom is -0.463 e. The first-order valence-electron chi connectivity index (χ1n) is 8.33. The normalized spacial score (nSPS) is 9.75. The van der Waals surface area contributed by atoms with Crippen LogP contribution in [0.1, 0.15) is 45.1 Å². The van der Waals surface area contributed by atoms with E-state index in [1.165, 1.54) is 5.56 Å². The monoisotopic (exact) mass is 332 g/mol. The van der Waals surface area contributed by atoms with E-state index >= 15 is 0 Å². The molecule has 0 fully saturated rings. The maximum atomic E-state index is 11.0. The molecule has 1 rings (SSSR count). The Morgan fingerprint density at radius 1 is 0.917 bits per heavy atom. The molecular weight excluding hydrogens is 304 g/mol. The van der Waals surface area contributed by atoms with Gasteiger partial charge in [0.25, 0.3) is 0 Å². The number of ether oxygens (including phenoxy) is 2. The van der Waals surface area contributed by atoms with Crippen molar-refractivity contribution in [2.75, 3.05) is 13.2 Å². The summed E-state index contributed by atoms with van der Waals surface area (Å²) >= 11 is 0. The molecule has 0 aromatic heterocycles. The zero-order valence-electron chi connectivity index (χ0n) is 14.7. The van der Waals surface area contributed by atoms with Crippen LogP contribution in [0, 0.1) is 0 Å². The lowest BCUT2D eigenvalue weighted by Gasteiger charge is -2.00. The molecule has 1 aromatic carbocycles. The third kappa shape index (κ3) is 13.3. The third-order valence-electron chi connectivity index (χ3n) is 2.88. The second kappa shape index (κ2) is 15.5. The lowest BCUT2D eigenvalue weighted by Crippen LogP contribution is -2.05. The average molecular weight is 332 g/mol. The summed E-state index contributed by atoms with van der Waals surface area (Å²) in [5.74, 6) is -0.998. The number of esters is 2. The molecular formula is C20H28O4. The Bertz CT molecular complexity index is 468. The molecule has 0 bridgehead atoms. The highest BCUT2D eigenvalue weighted by Gasteiger charge is 2.00. The van der Waals surface area contributed by atoms with Gasteiger partial charge in [0.2, 0.25) is 0 Å². The first-order valence-corrected chi connectivity index (χ1v) is 8.33. The molecule has 0 heterocycles. The summed E-state index contributed by atoms with van der Waals surface area (Å²) < 4.78 is 9.65. The number of benzene rings is 1. The Morgan fingerprint density at radius 3 is 1.71 bits per heavy atom. The lowest BCUT2D eigenvalue weighted by molar-refractivity contribution is -0.140. The van der Waals surface area contributed by atoms with E-state index in [0.29, 0.717) is 13.2 Å². The van der Waals surface area contributed by atoms with E-state index in [9.17, 15) is 9.59 Å². The molecule has 0 amide bonds. The fraction of sp³-hybridized carbons (Fsp3) is 0.400. The molecule has 0 spiro atoms. The van der Waals surface area contributed by atoms with Gasteiger partial charge >= 0.3 is 11.9 Å². The van der Waals surface area contributed by atoms with Crippen molar-refractivity contribution in [1.29, 1.82) is 0 Å². The van der Waals surface area contributed by atoms with E-state index in [2.05, 4.69) is 6.58 Å². The van der Waals surface area contributed by atoms with Gasteiger partial charge in [0.05, 0.1) is 13.2 Å². The summed E-state index contributed by atoms with van der Waals surface area (Å²) in [7, 11) is 0. The van der Waals surface area contributed by atoms with Crippen LogP contribution in [0.25, 0.3) is 6.08 Å². The summed E-state index contributed by atoms with van der Waals surface area (Å²) in [5, 5.41) is 0. The first-order chi connectivity index (χ1) is 11.6. The molecule has 4 nitrogen and oxygen atoms in total. The van der Waals surface area contributed by atoms with Gasteiger partial charge in [-0.2, -0.15) is 0 Å². The maximum Gasteiger partial charge on any atom is 0.331 e. The molecule has 0 atom stereocenters. The van der Waals surface area contributed by atoms with E-state index in [-0.39, 0.29) is 0 Å². The number of unbranched alkanes of at least 4 members (excludes halogenated alkanes) is 2. The van der Waals surface area contributed by atoms with Gasteiger partial charge in [-0.1, -0.05) is 69.7 Å². The van der Waals surface area contributed by atoms with Gasteiger partial charge in [-0.05, 0) is 18.4 Å². The van der Waals surface area contributed by atoms with E-state index in [1.54, 1.807) is 0 Å². The Balaban J connectivity index is 0.000000546. The van der Waals surface area contributed by atoms with Crippen molar-refractivity contribution in [3.05, 3.63) is 54.6 Å². The van der Waals surface area contributed by atoms with Gasteiger partial charge < -0.3 is 9.47 Å². The van der Waals surface area contributed by atoms with Crippen molar-refractivity contribution < 1.29 is 19.1 Å². The first kappa shape index (κ1) is 21.6. The van der Waals surface area contributed by atoms with Crippen LogP contribution in [0.15, 0.2) is 49.1 Å². The summed E-state index contributed by atoms with van der Waals surface area (Å²) in [6, 6.07) is 10.0. The van der Waals surface area contributed by atoms with Gasteiger partial charge in [-0.3, -0.25) is 0 Å². The molecule has 24 heavy (non-hydrogen) atoms. The number of hydrogen-bond donors (Lipinski definition) is 0. The predicted octanol–water partition coefficient (Wildman–Crippen LogP) is 4.56. The highest BCUT2D eigenvalue weighted by atomic mass is 16.5. The second-order valence-corrected chi connectivity index (χ2v) is 4.99. The molecule has 0 unspecified atom stereocenters. The fourth-order valence-corrected chi connectivity index (χ4v) is 1.46. The Kier molecular flexibility index (Phi) is 14.0. The Hall–Kier alpha value is -2.36. The quantitative estimate of drug-likeness (QED) is 0.378. The molecule has 0 aliphatic carbocycles. The summed E-state index contributed by atoms with van der Waals surface area (Å²) in [6.45, 7) is 8.44. The molecule has 0 N–H and O–H groups in total. The van der Waals surface area contributed by atoms with Crippen LogP contribution >= 0.6 is 0 Å². The van der Waals surface area contributed by atoms with Crippen LogP contribution in [0.2, 0.25) is 0 Å². The number of rotatable bonds is 9. The van der Waals surface area contributed by atoms with Crippen molar-refractivity contribution in [3.63, 3.8) is 0 Å². The Labute approximate surface area is 145 Å². The van der Waals surface area contributed by atoms with E-state index in [4.69, 9.17) is 9.47 Å². The summed E-state index contributed by atoms with van der Waals surface area (Å²) in [6.07, 6.45) is 7.64. The van der Waals surface area contributed by atoms with Gasteiger partial charge in [0, 0.05) is 12.2 Å². The van der Waals surface area contributed by atoms with Crippen molar-refractivity contribution in [2.24, 2.45) is 0 Å². The van der Waals surface area contributed by atoms with Gasteiger partial charge in [0.1, 0.15) is 0 Å². The van der Waals surface area contributed by atoms with Crippen LogP contribution in [0.5, 0.6) is 0 Å². The second-order valence-electron chi connectivity index (χ2n) is 4.99. The molecule has 0 radical (unpaired) electrons. The molecule has 132 valence electrons. The standard InChI is InChI=1S/C12H20O4.C8H8/c1-3-5-9-15-11(13)7-8-12(14)16-10-6-4-2;1-2-8-6-4-3-5-7-8/h7-8H,3-6,9-10H2,1-2H3;2-7H,1H2/b8-7-;. The maximum absolute atomic E-state index is 11.0. The Morgan fingerprint density at radius 2 is 1.38 bits per heavy atom. The van der Waals surface area contributed by atoms with Crippen molar-refractivity contribution in [2.45, 2.75) is 39.5 Å².